The zero-order chi connectivity index (χ0) is 13.9. The molecule has 1 N–H and O–H groups in total. The van der Waals surface area contributed by atoms with Gasteiger partial charge in [0.05, 0.1) is 0 Å². The molecule has 0 saturated carbocycles. The Hall–Kier alpha value is -0.820. The van der Waals surface area contributed by atoms with Crippen molar-refractivity contribution in [3.8, 4) is 0 Å². The van der Waals surface area contributed by atoms with E-state index in [0.717, 1.165) is 0 Å². The second kappa shape index (κ2) is 5.66. The van der Waals surface area contributed by atoms with Crippen LogP contribution < -0.4 is 5.32 Å². The third-order valence-electron chi connectivity index (χ3n) is 4.24. The van der Waals surface area contributed by atoms with E-state index < -0.39 is 0 Å². The van der Waals surface area contributed by atoms with Crippen molar-refractivity contribution in [2.24, 2.45) is 5.41 Å². The van der Waals surface area contributed by atoms with E-state index in [0.29, 0.717) is 11.0 Å². The van der Waals surface area contributed by atoms with Gasteiger partial charge in [-0.15, -0.1) is 0 Å². The molecule has 1 fully saturated rings. The first-order valence-corrected chi connectivity index (χ1v) is 7.70. The van der Waals surface area contributed by atoms with Gasteiger partial charge in [0, 0.05) is 5.54 Å². The van der Waals surface area contributed by atoms with Crippen LogP contribution in [-0.4, -0.2) is 12.1 Å². The fraction of sp³-hybridized carbons (Fsp3) is 0.667. The minimum Gasteiger partial charge on any atom is -0.311 e. The molecule has 0 amide bonds. The van der Waals surface area contributed by atoms with E-state index in [1.54, 1.807) is 0 Å². The lowest BCUT2D eigenvalue weighted by atomic mass is 9.72. The Balaban J connectivity index is 2.21. The van der Waals surface area contributed by atoms with Gasteiger partial charge >= 0.3 is 0 Å². The molecular formula is C18H29N. The normalized spacial score (nSPS) is 24.4. The Morgan fingerprint density at radius 3 is 2.47 bits per heavy atom. The summed E-state index contributed by atoms with van der Waals surface area (Å²) in [7, 11) is 0. The number of rotatable bonds is 3. The van der Waals surface area contributed by atoms with Crippen molar-refractivity contribution in [3.05, 3.63) is 35.4 Å². The van der Waals surface area contributed by atoms with Crippen LogP contribution in [0.1, 0.15) is 57.6 Å². The third-order valence-corrected chi connectivity index (χ3v) is 4.24. The summed E-state index contributed by atoms with van der Waals surface area (Å²) in [6.07, 6.45) is 6.46. The topological polar surface area (TPSA) is 12.0 Å². The van der Waals surface area contributed by atoms with Crippen molar-refractivity contribution in [2.45, 2.75) is 65.3 Å². The highest BCUT2D eigenvalue weighted by Gasteiger charge is 2.35. The van der Waals surface area contributed by atoms with Gasteiger partial charge in [-0.3, -0.25) is 0 Å². The fourth-order valence-corrected chi connectivity index (χ4v) is 3.58. The molecule has 0 aliphatic carbocycles. The van der Waals surface area contributed by atoms with E-state index in [4.69, 9.17) is 0 Å². The molecule has 2 rings (SSSR count). The monoisotopic (exact) mass is 259 g/mol. The van der Waals surface area contributed by atoms with E-state index >= 15 is 0 Å². The molecule has 1 nitrogen and oxygen atoms in total. The molecule has 1 aromatic carbocycles. The van der Waals surface area contributed by atoms with Crippen LogP contribution in [0.3, 0.4) is 0 Å². The van der Waals surface area contributed by atoms with Crippen molar-refractivity contribution < 1.29 is 0 Å². The Morgan fingerprint density at radius 1 is 1.16 bits per heavy atom. The first-order chi connectivity index (χ1) is 8.90. The van der Waals surface area contributed by atoms with Crippen molar-refractivity contribution in [1.82, 2.24) is 5.32 Å². The summed E-state index contributed by atoms with van der Waals surface area (Å²) < 4.78 is 0. The molecule has 0 radical (unpaired) electrons. The summed E-state index contributed by atoms with van der Waals surface area (Å²) in [6.45, 7) is 10.5. The molecule has 106 valence electrons. The van der Waals surface area contributed by atoms with Crippen LogP contribution in [0.15, 0.2) is 24.3 Å². The van der Waals surface area contributed by atoms with Gasteiger partial charge in [0.1, 0.15) is 0 Å². The highest BCUT2D eigenvalue weighted by molar-refractivity contribution is 5.28. The summed E-state index contributed by atoms with van der Waals surface area (Å²) in [6, 6.07) is 8.86. The van der Waals surface area contributed by atoms with E-state index in [9.17, 15) is 0 Å². The maximum atomic E-state index is 3.86. The minimum absolute atomic E-state index is 0.308. The van der Waals surface area contributed by atoms with Crippen LogP contribution in [0.5, 0.6) is 0 Å². The van der Waals surface area contributed by atoms with Crippen molar-refractivity contribution >= 4 is 0 Å². The van der Waals surface area contributed by atoms with Crippen LogP contribution in [0.25, 0.3) is 0 Å². The summed E-state index contributed by atoms with van der Waals surface area (Å²) in [5, 5.41) is 3.86. The van der Waals surface area contributed by atoms with Crippen molar-refractivity contribution in [2.75, 3.05) is 6.54 Å². The molecule has 1 aliphatic heterocycles. The number of benzene rings is 1. The molecule has 0 bridgehead atoms. The van der Waals surface area contributed by atoms with Gasteiger partial charge in [-0.2, -0.15) is 0 Å². The first kappa shape index (κ1) is 14.6. The lowest BCUT2D eigenvalue weighted by Crippen LogP contribution is -2.52. The van der Waals surface area contributed by atoms with Gasteiger partial charge < -0.3 is 5.32 Å². The SMILES string of the molecule is Cc1ccccc1CC1(CC(C)(C)C)CCCCN1. The smallest absolute Gasteiger partial charge is 0.0226 e. The zero-order valence-corrected chi connectivity index (χ0v) is 13.1. The molecule has 1 unspecified atom stereocenters. The first-order valence-electron chi connectivity index (χ1n) is 7.70. The number of hydrogen-bond donors (Lipinski definition) is 1. The molecule has 1 atom stereocenters. The quantitative estimate of drug-likeness (QED) is 0.843. The van der Waals surface area contributed by atoms with Gasteiger partial charge in [-0.05, 0) is 55.7 Å². The van der Waals surface area contributed by atoms with E-state index in [1.807, 2.05) is 0 Å². The molecule has 1 aliphatic rings. The third kappa shape index (κ3) is 4.07. The van der Waals surface area contributed by atoms with E-state index in [1.165, 1.54) is 49.8 Å². The fourth-order valence-electron chi connectivity index (χ4n) is 3.58. The maximum Gasteiger partial charge on any atom is 0.0226 e. The number of hydrogen-bond acceptors (Lipinski definition) is 1. The Bertz CT molecular complexity index is 408. The number of aryl methyl sites for hydroxylation is 1. The predicted molar refractivity (Wildman–Crippen MR) is 83.5 cm³/mol. The number of piperidine rings is 1. The van der Waals surface area contributed by atoms with Crippen LogP contribution in [0, 0.1) is 12.3 Å². The molecule has 0 spiro atoms. The van der Waals surface area contributed by atoms with Crippen LogP contribution in [-0.2, 0) is 6.42 Å². The van der Waals surface area contributed by atoms with E-state index in [-0.39, 0.29) is 0 Å². The summed E-state index contributed by atoms with van der Waals surface area (Å²) in [4.78, 5) is 0. The number of nitrogens with one attached hydrogen (secondary N) is 1. The van der Waals surface area contributed by atoms with Gasteiger partial charge in [-0.25, -0.2) is 0 Å². The average Bonchev–Trinajstić information content (AvgIpc) is 2.31. The second-order valence-corrected chi connectivity index (χ2v) is 7.50. The van der Waals surface area contributed by atoms with E-state index in [2.05, 4.69) is 57.3 Å². The lowest BCUT2D eigenvalue weighted by Gasteiger charge is -2.43. The van der Waals surface area contributed by atoms with Gasteiger partial charge in [0.15, 0.2) is 0 Å². The Labute approximate surface area is 118 Å². The van der Waals surface area contributed by atoms with Gasteiger partial charge in [-0.1, -0.05) is 51.5 Å². The standard InChI is InChI=1S/C18H29N/c1-15-9-5-6-10-16(15)13-18(14-17(2,3)4)11-7-8-12-19-18/h5-6,9-10,19H,7-8,11-14H2,1-4H3. The van der Waals surface area contributed by atoms with Crippen LogP contribution in [0.2, 0.25) is 0 Å². The summed E-state index contributed by atoms with van der Waals surface area (Å²) in [5.41, 5.74) is 3.64. The predicted octanol–water partition coefficient (Wildman–Crippen LogP) is 4.49. The van der Waals surface area contributed by atoms with Gasteiger partial charge in [0.2, 0.25) is 0 Å². The molecule has 1 aromatic rings. The summed E-state index contributed by atoms with van der Waals surface area (Å²) in [5.74, 6) is 0. The maximum absolute atomic E-state index is 3.86. The Kier molecular flexibility index (Phi) is 4.35. The molecule has 19 heavy (non-hydrogen) atoms. The molecule has 1 saturated heterocycles. The largest absolute Gasteiger partial charge is 0.311 e. The van der Waals surface area contributed by atoms with Gasteiger partial charge in [0.25, 0.3) is 0 Å². The molecule has 1 heteroatoms. The lowest BCUT2D eigenvalue weighted by molar-refractivity contribution is 0.168. The average molecular weight is 259 g/mol. The molecule has 1 heterocycles. The molecular weight excluding hydrogens is 230 g/mol. The van der Waals surface area contributed by atoms with Crippen molar-refractivity contribution in [1.29, 1.82) is 0 Å². The minimum atomic E-state index is 0.308. The van der Waals surface area contributed by atoms with Crippen molar-refractivity contribution in [3.63, 3.8) is 0 Å². The highest BCUT2D eigenvalue weighted by Crippen LogP contribution is 2.35. The van der Waals surface area contributed by atoms with Crippen LogP contribution in [0.4, 0.5) is 0 Å². The zero-order valence-electron chi connectivity index (χ0n) is 13.1. The Morgan fingerprint density at radius 2 is 1.89 bits per heavy atom. The second-order valence-electron chi connectivity index (χ2n) is 7.50. The highest BCUT2D eigenvalue weighted by atomic mass is 15.0. The van der Waals surface area contributed by atoms with Crippen LogP contribution >= 0.6 is 0 Å². The summed E-state index contributed by atoms with van der Waals surface area (Å²) >= 11 is 0. The molecule has 0 aromatic heterocycles.